The predicted octanol–water partition coefficient (Wildman–Crippen LogP) is 2.04. The van der Waals surface area contributed by atoms with Crippen molar-refractivity contribution in [3.05, 3.63) is 0 Å². The van der Waals surface area contributed by atoms with Crippen LogP contribution in [0, 0.1) is 5.92 Å². The monoisotopic (exact) mass is 230 g/mol. The maximum absolute atomic E-state index is 10.4. The van der Waals surface area contributed by atoms with Gasteiger partial charge < -0.3 is 5.11 Å². The van der Waals surface area contributed by atoms with Crippen molar-refractivity contribution >= 4 is 12.0 Å². The normalized spacial score (nSPS) is 11.1. The van der Waals surface area contributed by atoms with Crippen LogP contribution in [0.3, 0.4) is 0 Å². The van der Waals surface area contributed by atoms with Gasteiger partial charge in [0.15, 0.2) is 6.04 Å². The molecule has 0 aliphatic rings. The topological polar surface area (TPSA) is 86.6 Å². The van der Waals surface area contributed by atoms with E-state index in [4.69, 9.17) is 5.11 Å². The minimum Gasteiger partial charge on any atom is -0.480 e. The molecule has 5 heteroatoms. The second-order valence-electron chi connectivity index (χ2n) is 3.76. The fraction of sp³-hybridized carbons (Fsp3) is 0.818. The van der Waals surface area contributed by atoms with Crippen LogP contribution in [0.5, 0.6) is 0 Å². The number of carbonyl (C=O) groups is 1. The molecule has 1 N–H and O–H groups in total. The fourth-order valence-electron chi connectivity index (χ4n) is 0.863. The highest BCUT2D eigenvalue weighted by Gasteiger charge is 2.16. The van der Waals surface area contributed by atoms with Crippen LogP contribution in [0.2, 0.25) is 0 Å². The Labute approximate surface area is 96.2 Å². The molecule has 0 saturated carbocycles. The van der Waals surface area contributed by atoms with Crippen molar-refractivity contribution in [3.63, 3.8) is 0 Å². The van der Waals surface area contributed by atoms with E-state index in [0.29, 0.717) is 6.42 Å². The molecule has 0 bridgehead atoms. The second kappa shape index (κ2) is 11.9. The Morgan fingerprint density at radius 1 is 1.44 bits per heavy atom. The lowest BCUT2D eigenvalue weighted by Gasteiger charge is -2.06. The zero-order valence-corrected chi connectivity index (χ0v) is 10.1. The Hall–Kier alpha value is -1.19. The second-order valence-corrected chi connectivity index (χ2v) is 3.76. The first kappa shape index (κ1) is 17.2. The van der Waals surface area contributed by atoms with Crippen LogP contribution in [0.4, 0.5) is 0 Å². The zero-order valence-electron chi connectivity index (χ0n) is 10.1. The van der Waals surface area contributed by atoms with E-state index >= 15 is 0 Å². The summed E-state index contributed by atoms with van der Waals surface area (Å²) in [5.41, 5.74) is 0. The highest BCUT2D eigenvalue weighted by Crippen LogP contribution is 2.07. The summed E-state index contributed by atoms with van der Waals surface area (Å²) in [7, 11) is 0. The first-order valence-electron chi connectivity index (χ1n) is 5.37. The third-order valence-corrected chi connectivity index (χ3v) is 1.69. The van der Waals surface area contributed by atoms with Gasteiger partial charge in [-0.3, -0.25) is 0 Å². The number of nitrogens with zero attached hydrogens (tertiary/aromatic N) is 1. The van der Waals surface area contributed by atoms with Gasteiger partial charge in [-0.15, -0.1) is 0 Å². The van der Waals surface area contributed by atoms with Crippen molar-refractivity contribution in [2.24, 2.45) is 10.9 Å². The third kappa shape index (κ3) is 12.8. The molecule has 0 fully saturated rings. The van der Waals surface area contributed by atoms with Crippen molar-refractivity contribution in [1.82, 2.24) is 0 Å². The van der Waals surface area contributed by atoms with Crippen LogP contribution in [-0.2, 0) is 14.7 Å². The van der Waals surface area contributed by atoms with Crippen molar-refractivity contribution in [1.29, 1.82) is 0 Å². The molecule has 5 nitrogen and oxygen atoms in total. The Bertz CT molecular complexity index is 218. The molecule has 0 spiro atoms. The number of carbonyl (C=O) groups excluding carboxylic acids is 1. The number of aliphatic imine (C=N–C) groups is 1. The van der Waals surface area contributed by atoms with E-state index in [1.54, 1.807) is 0 Å². The van der Waals surface area contributed by atoms with E-state index in [9.17, 15) is 14.7 Å². The molecule has 1 atom stereocenters. The minimum atomic E-state index is -1.07. The lowest BCUT2D eigenvalue weighted by molar-refractivity contribution is -0.138. The highest BCUT2D eigenvalue weighted by atomic mass is 16.4. The first-order valence-corrected chi connectivity index (χ1v) is 5.37. The van der Waals surface area contributed by atoms with E-state index < -0.39 is 12.0 Å². The van der Waals surface area contributed by atoms with Gasteiger partial charge in [-0.25, -0.2) is 14.7 Å². The highest BCUT2D eigenvalue weighted by molar-refractivity contribution is 5.74. The van der Waals surface area contributed by atoms with Crippen LogP contribution in [0.15, 0.2) is 4.99 Å². The summed E-state index contributed by atoms with van der Waals surface area (Å²) < 4.78 is 0. The van der Waals surface area contributed by atoms with Crippen LogP contribution >= 0.6 is 0 Å². The number of unbranched alkanes of at least 4 members (excludes halogenated alkanes) is 1. The summed E-state index contributed by atoms with van der Waals surface area (Å²) in [6, 6.07) is -0.924. The largest absolute Gasteiger partial charge is 0.480 e. The van der Waals surface area contributed by atoms with Crippen molar-refractivity contribution in [3.8, 4) is 0 Å². The minimum absolute atomic E-state index is 0.0938. The smallest absolute Gasteiger partial charge is 0.329 e. The molecule has 0 amide bonds. The van der Waals surface area contributed by atoms with Gasteiger partial charge in [-0.1, -0.05) is 27.2 Å². The quantitative estimate of drug-likeness (QED) is 0.559. The predicted molar refractivity (Wildman–Crippen MR) is 59.5 cm³/mol. The Morgan fingerprint density at radius 3 is 2.19 bits per heavy atom. The summed E-state index contributed by atoms with van der Waals surface area (Å²) in [5.74, 6) is -0.852. The number of hydrogen-bond donors (Lipinski definition) is 1. The van der Waals surface area contributed by atoms with Gasteiger partial charge in [0.2, 0.25) is 6.08 Å². The van der Waals surface area contributed by atoms with E-state index in [2.05, 4.69) is 4.99 Å². The Balaban J connectivity index is 0. The maximum Gasteiger partial charge on any atom is 0.329 e. The molecule has 1 unspecified atom stereocenters. The summed E-state index contributed by atoms with van der Waals surface area (Å²) in [6.07, 6.45) is 3.49. The number of aliphatic carboxylic acids is 1. The Morgan fingerprint density at radius 2 is 2.00 bits per heavy atom. The SMILES string of the molecule is CC(C)CC(N=C=O)C(=O)O.CCCC[O]. The lowest BCUT2D eigenvalue weighted by atomic mass is 10.0. The van der Waals surface area contributed by atoms with Gasteiger partial charge in [0, 0.05) is 0 Å². The van der Waals surface area contributed by atoms with Crippen LogP contribution in [-0.4, -0.2) is 29.8 Å². The standard InChI is InChI=1S/C7H11NO3.C4H9O/c1-5(2)3-6(7(10)11)8-4-9;1-2-3-4-5/h5-6H,3H2,1-2H3,(H,10,11);2-4H2,1H3. The molecule has 1 radical (unpaired) electrons. The van der Waals surface area contributed by atoms with E-state index in [0.717, 1.165) is 12.8 Å². The number of isocyanates is 1. The van der Waals surface area contributed by atoms with E-state index in [1.165, 1.54) is 6.08 Å². The van der Waals surface area contributed by atoms with Crippen molar-refractivity contribution < 1.29 is 19.8 Å². The summed E-state index contributed by atoms with van der Waals surface area (Å²) in [4.78, 5) is 23.3. The molecule has 0 aliphatic heterocycles. The van der Waals surface area contributed by atoms with E-state index in [1.807, 2.05) is 20.8 Å². The molecule has 0 saturated heterocycles. The van der Waals surface area contributed by atoms with Crippen LogP contribution in [0.1, 0.15) is 40.0 Å². The number of carboxylic acids is 1. The molecule has 0 heterocycles. The van der Waals surface area contributed by atoms with Crippen LogP contribution in [0.25, 0.3) is 0 Å². The van der Waals surface area contributed by atoms with E-state index in [-0.39, 0.29) is 12.5 Å². The molecule has 0 aromatic heterocycles. The van der Waals surface area contributed by atoms with Gasteiger partial charge in [0.25, 0.3) is 0 Å². The zero-order chi connectivity index (χ0) is 13.0. The lowest BCUT2D eigenvalue weighted by Crippen LogP contribution is -2.19. The number of carboxylic acid groups (broad SMARTS) is 1. The van der Waals surface area contributed by atoms with Gasteiger partial charge in [0.1, 0.15) is 0 Å². The number of rotatable bonds is 6. The molecule has 16 heavy (non-hydrogen) atoms. The van der Waals surface area contributed by atoms with Gasteiger partial charge in [-0.2, -0.15) is 4.99 Å². The third-order valence-electron chi connectivity index (χ3n) is 1.69. The summed E-state index contributed by atoms with van der Waals surface area (Å²) >= 11 is 0. The van der Waals surface area contributed by atoms with Crippen molar-refractivity contribution in [2.45, 2.75) is 46.1 Å². The molecule has 0 aromatic carbocycles. The average molecular weight is 230 g/mol. The molecular formula is C11H20NO4. The molecule has 93 valence electrons. The average Bonchev–Trinajstić information content (AvgIpc) is 2.18. The van der Waals surface area contributed by atoms with Gasteiger partial charge in [0.05, 0.1) is 6.61 Å². The molecule has 0 aromatic rings. The summed E-state index contributed by atoms with van der Waals surface area (Å²) in [5, 5.41) is 18.0. The van der Waals surface area contributed by atoms with Crippen molar-refractivity contribution in [2.75, 3.05) is 6.61 Å². The first-order chi connectivity index (χ1) is 7.49. The van der Waals surface area contributed by atoms with Crippen LogP contribution < -0.4 is 0 Å². The Kier molecular flexibility index (Phi) is 12.8. The molecule has 0 rings (SSSR count). The maximum atomic E-state index is 10.4. The number of hydrogen-bond acceptors (Lipinski definition) is 3. The molecule has 0 aliphatic carbocycles. The van der Waals surface area contributed by atoms with Gasteiger partial charge >= 0.3 is 5.97 Å². The fourth-order valence-corrected chi connectivity index (χ4v) is 0.863. The van der Waals surface area contributed by atoms with Gasteiger partial charge in [-0.05, 0) is 18.8 Å². The molecular weight excluding hydrogens is 210 g/mol. The summed E-state index contributed by atoms with van der Waals surface area (Å²) in [6.45, 7) is 5.85.